The smallest absolute Gasteiger partial charge is 0.399 e. The Balaban J connectivity index is 1.37. The molecule has 2 saturated heterocycles. The summed E-state index contributed by atoms with van der Waals surface area (Å²) in [6, 6.07) is 8.84. The van der Waals surface area contributed by atoms with Gasteiger partial charge < -0.3 is 14.2 Å². The summed E-state index contributed by atoms with van der Waals surface area (Å²) in [5, 5.41) is 0. The third-order valence-corrected chi connectivity index (χ3v) is 6.89. The van der Waals surface area contributed by atoms with Crippen LogP contribution in [0.5, 0.6) is 0 Å². The first-order chi connectivity index (χ1) is 12.9. The lowest BCUT2D eigenvalue weighted by Gasteiger charge is -2.36. The van der Waals surface area contributed by atoms with E-state index in [4.69, 9.17) is 9.31 Å². The van der Waals surface area contributed by atoms with Gasteiger partial charge in [0.25, 0.3) is 0 Å². The summed E-state index contributed by atoms with van der Waals surface area (Å²) >= 11 is 0. The number of nitrogens with zero attached hydrogens (tertiary/aromatic N) is 2. The fourth-order valence-electron chi connectivity index (χ4n) is 4.46. The maximum absolute atomic E-state index is 6.39. The predicted molar refractivity (Wildman–Crippen MR) is 113 cm³/mol. The van der Waals surface area contributed by atoms with E-state index in [2.05, 4.69) is 61.8 Å². The van der Waals surface area contributed by atoms with Crippen molar-refractivity contribution in [3.05, 3.63) is 24.3 Å². The predicted octanol–water partition coefficient (Wildman–Crippen LogP) is 3.30. The van der Waals surface area contributed by atoms with Gasteiger partial charge in [-0.3, -0.25) is 4.90 Å². The van der Waals surface area contributed by atoms with E-state index in [1.54, 1.807) is 0 Å². The highest BCUT2D eigenvalue weighted by Gasteiger charge is 2.53. The van der Waals surface area contributed by atoms with Gasteiger partial charge in [-0.25, -0.2) is 0 Å². The number of benzene rings is 1. The molecule has 0 spiro atoms. The number of anilines is 1. The van der Waals surface area contributed by atoms with Crippen molar-refractivity contribution >= 4 is 18.3 Å². The highest BCUT2D eigenvalue weighted by Crippen LogP contribution is 2.40. The maximum Gasteiger partial charge on any atom is 0.494 e. The minimum atomic E-state index is -0.274. The standard InChI is InChI=1S/C22H35BN2O2/c1-5-12-22(4)21(2,3)26-23(27-22)19-8-10-20(11-9-19)25-15-13-24(14-16-25)17-18-6-7-18/h8-11,18H,5-7,12-17H2,1-4H3/t22-/m0/s1. The first-order valence-electron chi connectivity index (χ1n) is 10.8. The summed E-state index contributed by atoms with van der Waals surface area (Å²) in [5.74, 6) is 0.991. The van der Waals surface area contributed by atoms with E-state index >= 15 is 0 Å². The Kier molecular flexibility index (Phi) is 5.30. The van der Waals surface area contributed by atoms with Crippen LogP contribution in [-0.4, -0.2) is 55.9 Å². The number of piperazine rings is 1. The van der Waals surface area contributed by atoms with E-state index in [0.29, 0.717) is 0 Å². The molecular formula is C22H35BN2O2. The lowest BCUT2D eigenvalue weighted by Crippen LogP contribution is -2.47. The van der Waals surface area contributed by atoms with Gasteiger partial charge in [-0.05, 0) is 63.5 Å². The van der Waals surface area contributed by atoms with Crippen LogP contribution in [0.1, 0.15) is 53.4 Å². The molecule has 0 radical (unpaired) electrons. The third kappa shape index (κ3) is 4.06. The van der Waals surface area contributed by atoms with Gasteiger partial charge in [0.15, 0.2) is 0 Å². The third-order valence-electron chi connectivity index (χ3n) is 6.89. The van der Waals surface area contributed by atoms with Crippen molar-refractivity contribution in [3.8, 4) is 0 Å². The Morgan fingerprint density at radius 1 is 1.00 bits per heavy atom. The molecule has 2 heterocycles. The zero-order valence-electron chi connectivity index (χ0n) is 17.5. The van der Waals surface area contributed by atoms with E-state index < -0.39 is 0 Å². The lowest BCUT2D eigenvalue weighted by molar-refractivity contribution is -0.0159. The zero-order valence-corrected chi connectivity index (χ0v) is 17.5. The Bertz CT molecular complexity index is 638. The van der Waals surface area contributed by atoms with Gasteiger partial charge >= 0.3 is 7.12 Å². The highest BCUT2D eigenvalue weighted by molar-refractivity contribution is 6.62. The van der Waals surface area contributed by atoms with Crippen LogP contribution in [-0.2, 0) is 9.31 Å². The monoisotopic (exact) mass is 370 g/mol. The lowest BCUT2D eigenvalue weighted by atomic mass is 9.79. The van der Waals surface area contributed by atoms with Gasteiger partial charge in [0.05, 0.1) is 11.2 Å². The molecule has 4 rings (SSSR count). The van der Waals surface area contributed by atoms with E-state index in [1.165, 1.54) is 38.2 Å². The van der Waals surface area contributed by atoms with Crippen molar-refractivity contribution in [2.75, 3.05) is 37.6 Å². The number of hydrogen-bond donors (Lipinski definition) is 0. The average Bonchev–Trinajstić information content (AvgIpc) is 3.42. The maximum atomic E-state index is 6.39. The zero-order chi connectivity index (χ0) is 19.1. The summed E-state index contributed by atoms with van der Waals surface area (Å²) in [6.45, 7) is 14.6. The molecule has 1 aromatic carbocycles. The van der Waals surface area contributed by atoms with Crippen LogP contribution in [0.15, 0.2) is 24.3 Å². The van der Waals surface area contributed by atoms with E-state index in [0.717, 1.165) is 37.3 Å². The van der Waals surface area contributed by atoms with Crippen molar-refractivity contribution in [3.63, 3.8) is 0 Å². The van der Waals surface area contributed by atoms with Gasteiger partial charge in [-0.2, -0.15) is 0 Å². The highest BCUT2D eigenvalue weighted by atomic mass is 16.7. The van der Waals surface area contributed by atoms with Crippen LogP contribution in [0.4, 0.5) is 5.69 Å². The molecule has 3 aliphatic rings. The fraction of sp³-hybridized carbons (Fsp3) is 0.727. The molecule has 0 bridgehead atoms. The summed E-state index contributed by atoms with van der Waals surface area (Å²) < 4.78 is 12.7. The Hall–Kier alpha value is -1.04. The van der Waals surface area contributed by atoms with Crippen molar-refractivity contribution in [2.24, 2.45) is 5.92 Å². The largest absolute Gasteiger partial charge is 0.494 e. The summed E-state index contributed by atoms with van der Waals surface area (Å²) in [4.78, 5) is 5.15. The molecule has 0 aromatic heterocycles. The summed E-state index contributed by atoms with van der Waals surface area (Å²) in [6.07, 6.45) is 5.00. The van der Waals surface area contributed by atoms with Crippen LogP contribution >= 0.6 is 0 Å². The van der Waals surface area contributed by atoms with Gasteiger partial charge in [0.1, 0.15) is 0 Å². The number of rotatable bonds is 6. The molecule has 3 fully saturated rings. The van der Waals surface area contributed by atoms with Gasteiger partial charge in [0.2, 0.25) is 0 Å². The second-order valence-electron chi connectivity index (χ2n) is 9.38. The topological polar surface area (TPSA) is 24.9 Å². The minimum Gasteiger partial charge on any atom is -0.399 e. The van der Waals surface area contributed by atoms with Crippen LogP contribution in [0.2, 0.25) is 0 Å². The molecule has 1 aromatic rings. The molecule has 4 nitrogen and oxygen atoms in total. The fourth-order valence-corrected chi connectivity index (χ4v) is 4.46. The van der Waals surface area contributed by atoms with E-state index in [9.17, 15) is 0 Å². The molecule has 27 heavy (non-hydrogen) atoms. The molecule has 148 valence electrons. The van der Waals surface area contributed by atoms with Crippen molar-refractivity contribution in [1.29, 1.82) is 0 Å². The van der Waals surface area contributed by atoms with Crippen LogP contribution in [0.3, 0.4) is 0 Å². The van der Waals surface area contributed by atoms with E-state index in [-0.39, 0.29) is 18.3 Å². The number of hydrogen-bond acceptors (Lipinski definition) is 4. The van der Waals surface area contributed by atoms with Crippen molar-refractivity contribution in [2.45, 2.75) is 64.6 Å². The molecule has 1 saturated carbocycles. The molecule has 1 aliphatic carbocycles. The van der Waals surface area contributed by atoms with Crippen molar-refractivity contribution in [1.82, 2.24) is 4.90 Å². The average molecular weight is 370 g/mol. The Morgan fingerprint density at radius 3 is 2.26 bits per heavy atom. The SMILES string of the molecule is CCC[C@]1(C)OB(c2ccc(N3CCN(CC4CC4)CC3)cc2)OC1(C)C. The van der Waals surface area contributed by atoms with E-state index in [1.807, 2.05) is 0 Å². The van der Waals surface area contributed by atoms with Crippen molar-refractivity contribution < 1.29 is 9.31 Å². The van der Waals surface area contributed by atoms with Gasteiger partial charge in [-0.15, -0.1) is 0 Å². The molecule has 2 aliphatic heterocycles. The second kappa shape index (κ2) is 7.42. The quantitative estimate of drug-likeness (QED) is 0.718. The Morgan fingerprint density at radius 2 is 1.67 bits per heavy atom. The molecule has 0 N–H and O–H groups in total. The first-order valence-corrected chi connectivity index (χ1v) is 10.8. The van der Waals surface area contributed by atoms with Crippen LogP contribution in [0.25, 0.3) is 0 Å². The second-order valence-corrected chi connectivity index (χ2v) is 9.38. The molecule has 0 unspecified atom stereocenters. The Labute approximate surface area is 165 Å². The van der Waals surface area contributed by atoms with Crippen LogP contribution in [0, 0.1) is 5.92 Å². The summed E-state index contributed by atoms with van der Waals surface area (Å²) in [7, 11) is -0.263. The molecule has 5 heteroatoms. The summed E-state index contributed by atoms with van der Waals surface area (Å²) in [5.41, 5.74) is 1.94. The molecular weight excluding hydrogens is 335 g/mol. The minimum absolute atomic E-state index is 0.233. The van der Waals surface area contributed by atoms with Gasteiger partial charge in [0, 0.05) is 38.4 Å². The molecule has 0 amide bonds. The first kappa shape index (κ1) is 19.3. The van der Waals surface area contributed by atoms with Crippen LogP contribution < -0.4 is 10.4 Å². The molecule has 1 atom stereocenters. The normalized spacial score (nSPS) is 28.7. The van der Waals surface area contributed by atoms with Gasteiger partial charge in [-0.1, -0.05) is 25.5 Å².